The summed E-state index contributed by atoms with van der Waals surface area (Å²) in [6.45, 7) is 0. The van der Waals surface area contributed by atoms with Crippen LogP contribution in [0.4, 0.5) is 0 Å². The third-order valence-electron chi connectivity index (χ3n) is 4.77. The molecule has 0 nitrogen and oxygen atoms in total. The molecule has 0 saturated heterocycles. The van der Waals surface area contributed by atoms with Gasteiger partial charge in [0.2, 0.25) is 0 Å². The van der Waals surface area contributed by atoms with E-state index in [4.69, 9.17) is 11.6 Å². The van der Waals surface area contributed by atoms with Crippen molar-refractivity contribution < 1.29 is 0 Å². The molecule has 0 aromatic heterocycles. The molecule has 0 N–H and O–H groups in total. The Hall–Kier alpha value is -2.40. The van der Waals surface area contributed by atoms with Crippen molar-refractivity contribution in [2.75, 3.05) is 0 Å². The van der Waals surface area contributed by atoms with E-state index < -0.39 is 0 Å². The quantitative estimate of drug-likeness (QED) is 0.263. The molecule has 0 aliphatic rings. The Kier molecular flexibility index (Phi) is 5.39. The van der Waals surface area contributed by atoms with Crippen LogP contribution in [0.25, 0.3) is 33.4 Å². The molecule has 0 aliphatic carbocycles. The SMILES string of the molecule is Pc1cc(CCl)c(-c2ccccc2)c(-c2ccccc2)c1-c1ccccc1. The molecule has 0 heterocycles. The first-order valence-corrected chi connectivity index (χ1v) is 10.1. The lowest BCUT2D eigenvalue weighted by Gasteiger charge is -2.21. The molecule has 27 heavy (non-hydrogen) atoms. The van der Waals surface area contributed by atoms with Gasteiger partial charge in [0.05, 0.1) is 0 Å². The van der Waals surface area contributed by atoms with Gasteiger partial charge in [-0.2, -0.15) is 0 Å². The van der Waals surface area contributed by atoms with Crippen molar-refractivity contribution in [3.05, 3.63) is 103 Å². The van der Waals surface area contributed by atoms with Crippen molar-refractivity contribution in [3.8, 4) is 33.4 Å². The summed E-state index contributed by atoms with van der Waals surface area (Å²) in [4.78, 5) is 0. The molecule has 0 amide bonds. The van der Waals surface area contributed by atoms with Gasteiger partial charge in [-0.05, 0) is 50.3 Å². The number of rotatable bonds is 4. The van der Waals surface area contributed by atoms with E-state index in [9.17, 15) is 0 Å². The summed E-state index contributed by atoms with van der Waals surface area (Å²) in [5.74, 6) is 0.473. The maximum absolute atomic E-state index is 6.40. The second-order valence-electron chi connectivity index (χ2n) is 6.48. The summed E-state index contributed by atoms with van der Waals surface area (Å²) < 4.78 is 0. The third kappa shape index (κ3) is 3.56. The first kappa shape index (κ1) is 18.0. The Balaban J connectivity index is 2.15. The summed E-state index contributed by atoms with van der Waals surface area (Å²) in [5.41, 5.74) is 8.42. The topological polar surface area (TPSA) is 0 Å². The van der Waals surface area contributed by atoms with Crippen molar-refractivity contribution >= 4 is 26.1 Å². The van der Waals surface area contributed by atoms with Crippen LogP contribution < -0.4 is 5.30 Å². The fourth-order valence-corrected chi connectivity index (χ4v) is 4.33. The van der Waals surface area contributed by atoms with Crippen LogP contribution in [0.5, 0.6) is 0 Å². The molecule has 4 aromatic rings. The standard InChI is InChI=1S/C25H20ClP/c26-17-21-16-22(27)24(19-12-6-2-7-13-19)25(20-14-8-3-9-15-20)23(21)18-10-4-1-5-11-18/h1-16H,17,27H2. The molecule has 0 bridgehead atoms. The van der Waals surface area contributed by atoms with E-state index in [1.54, 1.807) is 0 Å². The van der Waals surface area contributed by atoms with E-state index in [1.165, 1.54) is 33.4 Å². The van der Waals surface area contributed by atoms with Crippen LogP contribution in [0.2, 0.25) is 0 Å². The summed E-state index contributed by atoms with van der Waals surface area (Å²) >= 11 is 6.40. The van der Waals surface area contributed by atoms with Gasteiger partial charge >= 0.3 is 0 Å². The van der Waals surface area contributed by atoms with Gasteiger partial charge in [-0.3, -0.25) is 0 Å². The molecular formula is C25H20ClP. The predicted molar refractivity (Wildman–Crippen MR) is 122 cm³/mol. The minimum atomic E-state index is 0.473. The Bertz CT molecular complexity index is 1040. The normalized spacial score (nSPS) is 10.7. The van der Waals surface area contributed by atoms with E-state index >= 15 is 0 Å². The maximum Gasteiger partial charge on any atom is 0.0480 e. The van der Waals surface area contributed by atoms with E-state index in [0.717, 1.165) is 10.9 Å². The highest BCUT2D eigenvalue weighted by atomic mass is 35.5. The van der Waals surface area contributed by atoms with Crippen molar-refractivity contribution in [2.45, 2.75) is 5.88 Å². The van der Waals surface area contributed by atoms with Crippen LogP contribution in [0.15, 0.2) is 97.1 Å². The summed E-state index contributed by atoms with van der Waals surface area (Å²) in [6, 6.07) is 33.9. The molecule has 4 rings (SSSR count). The number of hydrogen-bond donors (Lipinski definition) is 0. The Morgan fingerprint density at radius 2 is 0.963 bits per heavy atom. The predicted octanol–water partition coefficient (Wildman–Crippen LogP) is 6.93. The van der Waals surface area contributed by atoms with Crippen LogP contribution in [0.3, 0.4) is 0 Å². The van der Waals surface area contributed by atoms with Crippen molar-refractivity contribution in [1.29, 1.82) is 0 Å². The first-order chi connectivity index (χ1) is 13.3. The highest BCUT2D eigenvalue weighted by molar-refractivity contribution is 7.28. The Labute approximate surface area is 168 Å². The molecule has 1 unspecified atom stereocenters. The highest BCUT2D eigenvalue weighted by Gasteiger charge is 2.19. The fourth-order valence-electron chi connectivity index (χ4n) is 3.61. The van der Waals surface area contributed by atoms with Gasteiger partial charge in [0.25, 0.3) is 0 Å². The molecule has 0 aliphatic heterocycles. The molecule has 132 valence electrons. The lowest BCUT2D eigenvalue weighted by molar-refractivity contribution is 1.41. The fraction of sp³-hybridized carbons (Fsp3) is 0.0400. The molecule has 0 radical (unpaired) electrons. The van der Waals surface area contributed by atoms with E-state index in [0.29, 0.717) is 5.88 Å². The molecule has 0 spiro atoms. The average Bonchev–Trinajstić information content (AvgIpc) is 2.74. The summed E-state index contributed by atoms with van der Waals surface area (Å²) in [5, 5.41) is 1.16. The maximum atomic E-state index is 6.40. The van der Waals surface area contributed by atoms with Crippen LogP contribution in [-0.2, 0) is 5.88 Å². The number of halogens is 1. The van der Waals surface area contributed by atoms with Gasteiger partial charge in [0.1, 0.15) is 0 Å². The Morgan fingerprint density at radius 3 is 1.41 bits per heavy atom. The zero-order valence-electron chi connectivity index (χ0n) is 14.9. The van der Waals surface area contributed by atoms with Crippen LogP contribution >= 0.6 is 20.8 Å². The highest BCUT2D eigenvalue weighted by Crippen LogP contribution is 2.42. The molecule has 0 saturated carbocycles. The zero-order valence-corrected chi connectivity index (χ0v) is 16.8. The van der Waals surface area contributed by atoms with E-state index in [2.05, 4.69) is 100 Å². The second-order valence-corrected chi connectivity index (χ2v) is 7.37. The number of alkyl halides is 1. The minimum absolute atomic E-state index is 0.473. The first-order valence-electron chi connectivity index (χ1n) is 8.97. The average molecular weight is 387 g/mol. The molecule has 4 aromatic carbocycles. The lowest BCUT2D eigenvalue weighted by Crippen LogP contribution is -2.05. The molecule has 2 heteroatoms. The van der Waals surface area contributed by atoms with Gasteiger partial charge in [-0.15, -0.1) is 20.8 Å². The second kappa shape index (κ2) is 8.09. The summed E-state index contributed by atoms with van der Waals surface area (Å²) in [6.07, 6.45) is 0. The third-order valence-corrected chi connectivity index (χ3v) is 5.51. The monoisotopic (exact) mass is 386 g/mol. The van der Waals surface area contributed by atoms with Gasteiger partial charge in [0, 0.05) is 5.88 Å². The van der Waals surface area contributed by atoms with Gasteiger partial charge in [-0.25, -0.2) is 0 Å². The zero-order chi connectivity index (χ0) is 18.6. The van der Waals surface area contributed by atoms with Crippen molar-refractivity contribution in [1.82, 2.24) is 0 Å². The molecule has 0 fully saturated rings. The van der Waals surface area contributed by atoms with Crippen LogP contribution in [-0.4, -0.2) is 0 Å². The van der Waals surface area contributed by atoms with Crippen molar-refractivity contribution in [2.24, 2.45) is 0 Å². The van der Waals surface area contributed by atoms with Crippen molar-refractivity contribution in [3.63, 3.8) is 0 Å². The van der Waals surface area contributed by atoms with Gasteiger partial charge < -0.3 is 0 Å². The van der Waals surface area contributed by atoms with Gasteiger partial charge in [-0.1, -0.05) is 91.0 Å². The summed E-state index contributed by atoms with van der Waals surface area (Å²) in [7, 11) is 2.91. The van der Waals surface area contributed by atoms with E-state index in [1.807, 2.05) is 6.07 Å². The molecule has 1 atom stereocenters. The van der Waals surface area contributed by atoms with Gasteiger partial charge in [0.15, 0.2) is 0 Å². The lowest BCUT2D eigenvalue weighted by atomic mass is 9.85. The Morgan fingerprint density at radius 1 is 0.556 bits per heavy atom. The van der Waals surface area contributed by atoms with E-state index in [-0.39, 0.29) is 0 Å². The smallest absolute Gasteiger partial charge is 0.0480 e. The van der Waals surface area contributed by atoms with Crippen LogP contribution in [0, 0.1) is 0 Å². The number of benzene rings is 4. The van der Waals surface area contributed by atoms with Crippen LogP contribution in [0.1, 0.15) is 5.56 Å². The minimum Gasteiger partial charge on any atom is -0.122 e. The number of hydrogen-bond acceptors (Lipinski definition) is 0. The largest absolute Gasteiger partial charge is 0.122 e. The molecular weight excluding hydrogens is 367 g/mol.